The average Bonchev–Trinajstić information content (AvgIpc) is 3.89. The van der Waals surface area contributed by atoms with Gasteiger partial charge in [0.1, 0.15) is 0 Å². The molecule has 0 aliphatic heterocycles. The second-order valence-electron chi connectivity index (χ2n) is 16.4. The van der Waals surface area contributed by atoms with Gasteiger partial charge in [0.2, 0.25) is 0 Å². The number of fused-ring (bicyclic) bond motifs is 6. The Hall–Kier alpha value is -7.78. The van der Waals surface area contributed by atoms with Crippen molar-refractivity contribution in [3.8, 4) is 44.5 Å². The Morgan fingerprint density at radius 2 is 0.825 bits per heavy atom. The van der Waals surface area contributed by atoms with E-state index in [1.165, 1.54) is 86.9 Å². The summed E-state index contributed by atoms with van der Waals surface area (Å²) in [6, 6.07) is 91.3. The van der Waals surface area contributed by atoms with Crippen LogP contribution in [0.5, 0.6) is 0 Å². The van der Waals surface area contributed by atoms with Crippen molar-refractivity contribution < 1.29 is 0 Å². The SMILES string of the molecule is c1ccc(-c2ccccc2N(c2ccc(-c3ccc4c(c3)-c3ccccc3C4(c3ccccc3)c3ccccc3)cc2)c2ccc(-c3cccc4c3sc3ccccc34)cc2)cc1. The molecule has 1 nitrogen and oxygen atoms in total. The molecule has 0 bridgehead atoms. The van der Waals surface area contributed by atoms with E-state index in [-0.39, 0.29) is 0 Å². The number of anilines is 3. The number of hydrogen-bond acceptors (Lipinski definition) is 2. The number of hydrogen-bond donors (Lipinski definition) is 0. The van der Waals surface area contributed by atoms with E-state index in [4.69, 9.17) is 0 Å². The summed E-state index contributed by atoms with van der Waals surface area (Å²) in [5.74, 6) is 0. The minimum absolute atomic E-state index is 0.413. The molecule has 0 amide bonds. The topological polar surface area (TPSA) is 3.24 Å². The molecule has 12 rings (SSSR count). The quantitative estimate of drug-likeness (QED) is 0.148. The van der Waals surface area contributed by atoms with Crippen molar-refractivity contribution in [1.82, 2.24) is 0 Å². The van der Waals surface area contributed by atoms with Gasteiger partial charge < -0.3 is 4.90 Å². The molecule has 1 aliphatic rings. The van der Waals surface area contributed by atoms with Crippen molar-refractivity contribution in [2.45, 2.75) is 5.41 Å². The fourth-order valence-electron chi connectivity index (χ4n) is 10.2. The average molecular weight is 820 g/mol. The first kappa shape index (κ1) is 37.0. The highest BCUT2D eigenvalue weighted by Crippen LogP contribution is 2.56. The first-order valence-electron chi connectivity index (χ1n) is 21.7. The molecular formula is C61H41NS. The zero-order chi connectivity index (χ0) is 41.7. The van der Waals surface area contributed by atoms with Crippen LogP contribution < -0.4 is 4.90 Å². The van der Waals surface area contributed by atoms with E-state index in [2.05, 4.69) is 254 Å². The fourth-order valence-corrected chi connectivity index (χ4v) is 11.4. The largest absolute Gasteiger partial charge is 0.310 e. The van der Waals surface area contributed by atoms with Crippen LogP contribution in [0.15, 0.2) is 249 Å². The summed E-state index contributed by atoms with van der Waals surface area (Å²) >= 11 is 1.88. The van der Waals surface area contributed by atoms with Gasteiger partial charge in [0.25, 0.3) is 0 Å². The van der Waals surface area contributed by atoms with Crippen LogP contribution >= 0.6 is 11.3 Å². The van der Waals surface area contributed by atoms with Crippen molar-refractivity contribution in [2.24, 2.45) is 0 Å². The molecule has 0 atom stereocenters. The lowest BCUT2D eigenvalue weighted by atomic mass is 9.67. The molecule has 0 unspecified atom stereocenters. The van der Waals surface area contributed by atoms with E-state index in [1.54, 1.807) is 0 Å². The molecule has 1 heterocycles. The zero-order valence-corrected chi connectivity index (χ0v) is 35.3. The van der Waals surface area contributed by atoms with Crippen LogP contribution in [0.3, 0.4) is 0 Å². The van der Waals surface area contributed by atoms with Gasteiger partial charge in [0.15, 0.2) is 0 Å². The molecule has 0 spiro atoms. The maximum Gasteiger partial charge on any atom is 0.0713 e. The van der Waals surface area contributed by atoms with E-state index in [1.807, 2.05) is 11.3 Å². The number of rotatable bonds is 8. The summed E-state index contributed by atoms with van der Waals surface area (Å²) in [7, 11) is 0. The van der Waals surface area contributed by atoms with Crippen LogP contribution in [-0.2, 0) is 5.41 Å². The Kier molecular flexibility index (Phi) is 8.98. The van der Waals surface area contributed by atoms with Crippen LogP contribution in [0.1, 0.15) is 22.3 Å². The second-order valence-corrected chi connectivity index (χ2v) is 17.4. The molecule has 2 heteroatoms. The minimum atomic E-state index is -0.413. The third-order valence-corrected chi connectivity index (χ3v) is 14.2. The van der Waals surface area contributed by atoms with Crippen molar-refractivity contribution in [3.05, 3.63) is 271 Å². The molecule has 0 fully saturated rings. The summed E-state index contributed by atoms with van der Waals surface area (Å²) in [5.41, 5.74) is 17.9. The van der Waals surface area contributed by atoms with Gasteiger partial charge in [-0.3, -0.25) is 0 Å². The van der Waals surface area contributed by atoms with Gasteiger partial charge in [-0.25, -0.2) is 0 Å². The van der Waals surface area contributed by atoms with Gasteiger partial charge in [-0.15, -0.1) is 11.3 Å². The van der Waals surface area contributed by atoms with Gasteiger partial charge in [0.05, 0.1) is 11.1 Å². The maximum atomic E-state index is 2.41. The predicted molar refractivity (Wildman–Crippen MR) is 268 cm³/mol. The van der Waals surface area contributed by atoms with Crippen LogP contribution in [-0.4, -0.2) is 0 Å². The monoisotopic (exact) mass is 819 g/mol. The Bertz CT molecular complexity index is 3380. The first-order valence-corrected chi connectivity index (χ1v) is 22.5. The Morgan fingerprint density at radius 3 is 1.54 bits per heavy atom. The molecule has 0 saturated carbocycles. The summed E-state index contributed by atoms with van der Waals surface area (Å²) in [6.45, 7) is 0. The van der Waals surface area contributed by atoms with Crippen molar-refractivity contribution in [1.29, 1.82) is 0 Å². The molecule has 0 saturated heterocycles. The third kappa shape index (κ3) is 6.06. The number of thiophene rings is 1. The third-order valence-electron chi connectivity index (χ3n) is 13.0. The van der Waals surface area contributed by atoms with Gasteiger partial charge in [-0.2, -0.15) is 0 Å². The lowest BCUT2D eigenvalue weighted by Gasteiger charge is -2.33. The van der Waals surface area contributed by atoms with E-state index in [9.17, 15) is 0 Å². The van der Waals surface area contributed by atoms with E-state index < -0.39 is 5.41 Å². The molecule has 1 aromatic heterocycles. The molecule has 1 aliphatic carbocycles. The van der Waals surface area contributed by atoms with Crippen LogP contribution in [0.25, 0.3) is 64.7 Å². The maximum absolute atomic E-state index is 2.41. The van der Waals surface area contributed by atoms with Gasteiger partial charge in [0, 0.05) is 37.1 Å². The van der Waals surface area contributed by atoms with Crippen molar-refractivity contribution in [3.63, 3.8) is 0 Å². The zero-order valence-electron chi connectivity index (χ0n) is 34.5. The molecule has 0 radical (unpaired) electrons. The molecule has 10 aromatic carbocycles. The van der Waals surface area contributed by atoms with E-state index in [0.29, 0.717) is 0 Å². The highest BCUT2D eigenvalue weighted by Gasteiger charge is 2.46. The highest BCUT2D eigenvalue weighted by molar-refractivity contribution is 7.26. The van der Waals surface area contributed by atoms with E-state index in [0.717, 1.165) is 17.1 Å². The Morgan fingerprint density at radius 1 is 0.317 bits per heavy atom. The predicted octanol–water partition coefficient (Wildman–Crippen LogP) is 16.9. The Labute approximate surface area is 372 Å². The van der Waals surface area contributed by atoms with Crippen molar-refractivity contribution in [2.75, 3.05) is 4.90 Å². The standard InChI is InChI=1S/C61H41NS/c1-4-17-43(18-5-1)50-23-11-14-29-58(50)62(49-38-33-44(34-39-49)51-26-16-27-54-53-25-12-15-30-59(53)63-60(51)54)48-36-31-42(32-37-48)45-35-40-57-55(41-45)52-24-10-13-28-56(52)61(57,46-19-6-2-7-20-46)47-21-8-3-9-22-47/h1-41H. The second kappa shape index (κ2) is 15.3. The summed E-state index contributed by atoms with van der Waals surface area (Å²) in [5, 5.41) is 2.63. The van der Waals surface area contributed by atoms with E-state index >= 15 is 0 Å². The van der Waals surface area contributed by atoms with Crippen LogP contribution in [0, 0.1) is 0 Å². The summed E-state index contributed by atoms with van der Waals surface area (Å²) in [6.07, 6.45) is 0. The Balaban J connectivity index is 0.964. The number of benzene rings is 10. The molecule has 296 valence electrons. The first-order chi connectivity index (χ1) is 31.3. The minimum Gasteiger partial charge on any atom is -0.310 e. The van der Waals surface area contributed by atoms with Gasteiger partial charge in [-0.1, -0.05) is 206 Å². The van der Waals surface area contributed by atoms with Crippen LogP contribution in [0.4, 0.5) is 17.1 Å². The normalized spacial score (nSPS) is 12.6. The van der Waals surface area contributed by atoms with Crippen molar-refractivity contribution >= 4 is 48.6 Å². The lowest BCUT2D eigenvalue weighted by molar-refractivity contribution is 0.768. The van der Waals surface area contributed by atoms with Gasteiger partial charge in [-0.05, 0) is 104 Å². The lowest BCUT2D eigenvalue weighted by Crippen LogP contribution is -2.28. The molecule has 11 aromatic rings. The highest BCUT2D eigenvalue weighted by atomic mass is 32.1. The molecule has 63 heavy (non-hydrogen) atoms. The smallest absolute Gasteiger partial charge is 0.0713 e. The summed E-state index contributed by atoms with van der Waals surface area (Å²) in [4.78, 5) is 2.41. The van der Waals surface area contributed by atoms with Crippen LogP contribution in [0.2, 0.25) is 0 Å². The number of nitrogens with zero attached hydrogens (tertiary/aromatic N) is 1. The molecular weight excluding hydrogens is 779 g/mol. The fraction of sp³-hybridized carbons (Fsp3) is 0.0164. The number of para-hydroxylation sites is 1. The summed E-state index contributed by atoms with van der Waals surface area (Å²) < 4.78 is 2.65. The van der Waals surface area contributed by atoms with Gasteiger partial charge >= 0.3 is 0 Å². The molecule has 0 N–H and O–H groups in total.